The second-order valence-corrected chi connectivity index (χ2v) is 5.33. The number of hydrogen-bond acceptors (Lipinski definition) is 0. The van der Waals surface area contributed by atoms with Gasteiger partial charge in [-0.15, -0.1) is 0 Å². The van der Waals surface area contributed by atoms with Crippen LogP contribution in [0.5, 0.6) is 0 Å². The molecule has 1 saturated carbocycles. The van der Waals surface area contributed by atoms with Gasteiger partial charge >= 0.3 is 0 Å². The summed E-state index contributed by atoms with van der Waals surface area (Å²) < 4.78 is 26.3. The maximum absolute atomic E-state index is 13.1. The summed E-state index contributed by atoms with van der Waals surface area (Å²) in [7, 11) is 0. The van der Waals surface area contributed by atoms with Gasteiger partial charge in [0, 0.05) is 16.2 Å². The van der Waals surface area contributed by atoms with Gasteiger partial charge in [0.1, 0.15) is 0 Å². The van der Waals surface area contributed by atoms with Gasteiger partial charge in [-0.2, -0.15) is 8.78 Å². The Hall–Kier alpha value is -0.890. The van der Waals surface area contributed by atoms with E-state index in [1.165, 1.54) is 6.42 Å². The number of benzene rings is 1. The first kappa shape index (κ1) is 13.5. The molecule has 0 N–H and O–H groups in total. The van der Waals surface area contributed by atoms with Crippen LogP contribution in [0.15, 0.2) is 30.3 Å². The SMILES string of the molecule is FC(F)=C(CC1CCCCC1)c1ccccc1Cl. The van der Waals surface area contributed by atoms with Crippen molar-refractivity contribution in [3.63, 3.8) is 0 Å². The van der Waals surface area contributed by atoms with Crippen LogP contribution in [-0.2, 0) is 0 Å². The molecule has 1 fully saturated rings. The van der Waals surface area contributed by atoms with Gasteiger partial charge in [-0.05, 0) is 18.4 Å². The largest absolute Gasteiger partial charge is 0.274 e. The molecule has 2 rings (SSSR count). The minimum atomic E-state index is -1.59. The zero-order chi connectivity index (χ0) is 13.0. The van der Waals surface area contributed by atoms with Crippen LogP contribution in [0.3, 0.4) is 0 Å². The number of allylic oxidation sites excluding steroid dienone is 1. The summed E-state index contributed by atoms with van der Waals surface area (Å²) in [5.41, 5.74) is 0.622. The standard InChI is InChI=1S/C15H17ClF2/c16-14-9-5-4-8-12(14)13(15(17)18)10-11-6-2-1-3-7-11/h4-5,8-9,11H,1-3,6-7,10H2. The van der Waals surface area contributed by atoms with Gasteiger partial charge in [-0.1, -0.05) is 61.9 Å². The highest BCUT2D eigenvalue weighted by molar-refractivity contribution is 6.32. The minimum Gasteiger partial charge on any atom is -0.173 e. The summed E-state index contributed by atoms with van der Waals surface area (Å²) >= 11 is 6.01. The molecule has 18 heavy (non-hydrogen) atoms. The van der Waals surface area contributed by atoms with Crippen molar-refractivity contribution in [3.05, 3.63) is 40.9 Å². The minimum absolute atomic E-state index is 0.132. The molecule has 0 saturated heterocycles. The van der Waals surface area contributed by atoms with Crippen LogP contribution >= 0.6 is 11.6 Å². The third kappa shape index (κ3) is 3.32. The van der Waals surface area contributed by atoms with E-state index in [0.29, 0.717) is 22.9 Å². The van der Waals surface area contributed by atoms with Gasteiger partial charge in [0.25, 0.3) is 6.08 Å². The molecule has 98 valence electrons. The van der Waals surface area contributed by atoms with Gasteiger partial charge in [-0.25, -0.2) is 0 Å². The van der Waals surface area contributed by atoms with E-state index in [2.05, 4.69) is 0 Å². The first-order valence-electron chi connectivity index (χ1n) is 6.47. The number of rotatable bonds is 3. The van der Waals surface area contributed by atoms with Gasteiger partial charge in [0.05, 0.1) is 0 Å². The second-order valence-electron chi connectivity index (χ2n) is 4.93. The number of hydrogen-bond donors (Lipinski definition) is 0. The predicted molar refractivity (Wildman–Crippen MR) is 71.8 cm³/mol. The Labute approximate surface area is 112 Å². The van der Waals surface area contributed by atoms with Crippen molar-refractivity contribution in [1.29, 1.82) is 0 Å². The van der Waals surface area contributed by atoms with Gasteiger partial charge in [-0.3, -0.25) is 0 Å². The average molecular weight is 271 g/mol. The number of halogens is 3. The van der Waals surface area contributed by atoms with E-state index in [4.69, 9.17) is 11.6 Å². The smallest absolute Gasteiger partial charge is 0.173 e. The van der Waals surface area contributed by atoms with E-state index in [9.17, 15) is 8.78 Å². The fourth-order valence-electron chi connectivity index (χ4n) is 2.67. The van der Waals surface area contributed by atoms with E-state index in [0.717, 1.165) is 25.7 Å². The van der Waals surface area contributed by atoms with Crippen molar-refractivity contribution >= 4 is 17.2 Å². The van der Waals surface area contributed by atoms with E-state index < -0.39 is 6.08 Å². The molecular formula is C15H17ClF2. The highest BCUT2D eigenvalue weighted by Crippen LogP contribution is 2.37. The summed E-state index contributed by atoms with van der Waals surface area (Å²) in [5, 5.41) is 0.413. The molecule has 0 aliphatic heterocycles. The van der Waals surface area contributed by atoms with Gasteiger partial charge in [0.2, 0.25) is 0 Å². The lowest BCUT2D eigenvalue weighted by molar-refractivity contribution is 0.357. The zero-order valence-corrected chi connectivity index (χ0v) is 11.0. The molecule has 0 heterocycles. The lowest BCUT2D eigenvalue weighted by Crippen LogP contribution is -2.07. The Balaban J connectivity index is 2.19. The summed E-state index contributed by atoms with van der Waals surface area (Å²) in [5.74, 6) is 0.381. The molecule has 1 aromatic carbocycles. The molecular weight excluding hydrogens is 254 g/mol. The van der Waals surface area contributed by atoms with Gasteiger partial charge < -0.3 is 0 Å². The highest BCUT2D eigenvalue weighted by Gasteiger charge is 2.20. The summed E-state index contributed by atoms with van der Waals surface area (Å²) in [6.07, 6.45) is 4.53. The van der Waals surface area contributed by atoms with Crippen LogP contribution < -0.4 is 0 Å². The fraction of sp³-hybridized carbons (Fsp3) is 0.467. The zero-order valence-electron chi connectivity index (χ0n) is 10.3. The van der Waals surface area contributed by atoms with E-state index in [1.54, 1.807) is 24.3 Å². The molecule has 0 aromatic heterocycles. The normalized spacial score (nSPS) is 16.6. The Morgan fingerprint density at radius 1 is 1.11 bits per heavy atom. The van der Waals surface area contributed by atoms with E-state index >= 15 is 0 Å². The first-order chi connectivity index (χ1) is 8.68. The van der Waals surface area contributed by atoms with Gasteiger partial charge in [0.15, 0.2) is 0 Å². The molecule has 0 nitrogen and oxygen atoms in total. The summed E-state index contributed by atoms with van der Waals surface area (Å²) in [6, 6.07) is 6.87. The molecule has 0 radical (unpaired) electrons. The molecule has 0 atom stereocenters. The second kappa shape index (κ2) is 6.33. The average Bonchev–Trinajstić information content (AvgIpc) is 2.38. The third-order valence-corrected chi connectivity index (χ3v) is 3.97. The molecule has 3 heteroatoms. The summed E-state index contributed by atoms with van der Waals surface area (Å²) in [6.45, 7) is 0. The van der Waals surface area contributed by atoms with Crippen molar-refractivity contribution in [2.45, 2.75) is 38.5 Å². The van der Waals surface area contributed by atoms with Crippen molar-refractivity contribution < 1.29 is 8.78 Å². The molecule has 0 spiro atoms. The van der Waals surface area contributed by atoms with Crippen LogP contribution in [0.25, 0.3) is 5.57 Å². The van der Waals surface area contributed by atoms with Crippen LogP contribution in [-0.4, -0.2) is 0 Å². The van der Waals surface area contributed by atoms with Crippen LogP contribution in [0.4, 0.5) is 8.78 Å². The lowest BCUT2D eigenvalue weighted by Gasteiger charge is -2.22. The molecule has 0 bridgehead atoms. The molecule has 0 unspecified atom stereocenters. The molecule has 1 aliphatic carbocycles. The first-order valence-corrected chi connectivity index (χ1v) is 6.85. The van der Waals surface area contributed by atoms with Crippen LogP contribution in [0.2, 0.25) is 5.02 Å². The Bertz CT molecular complexity index is 430. The Morgan fingerprint density at radius 2 is 1.78 bits per heavy atom. The maximum atomic E-state index is 13.1. The quantitative estimate of drug-likeness (QED) is 0.640. The topological polar surface area (TPSA) is 0 Å². The van der Waals surface area contributed by atoms with Crippen molar-refractivity contribution in [3.8, 4) is 0 Å². The fourth-order valence-corrected chi connectivity index (χ4v) is 2.92. The summed E-state index contributed by atoms with van der Waals surface area (Å²) in [4.78, 5) is 0. The van der Waals surface area contributed by atoms with Crippen LogP contribution in [0, 0.1) is 5.92 Å². The van der Waals surface area contributed by atoms with Crippen molar-refractivity contribution in [2.75, 3.05) is 0 Å². The van der Waals surface area contributed by atoms with Crippen molar-refractivity contribution in [1.82, 2.24) is 0 Å². The Kier molecular flexibility index (Phi) is 4.76. The Morgan fingerprint density at radius 3 is 2.39 bits per heavy atom. The monoisotopic (exact) mass is 270 g/mol. The maximum Gasteiger partial charge on any atom is 0.274 e. The third-order valence-electron chi connectivity index (χ3n) is 3.64. The van der Waals surface area contributed by atoms with Crippen LogP contribution in [0.1, 0.15) is 44.1 Å². The highest BCUT2D eigenvalue weighted by atomic mass is 35.5. The van der Waals surface area contributed by atoms with E-state index in [-0.39, 0.29) is 5.57 Å². The van der Waals surface area contributed by atoms with Crippen molar-refractivity contribution in [2.24, 2.45) is 5.92 Å². The molecule has 1 aromatic rings. The predicted octanol–water partition coefficient (Wildman–Crippen LogP) is 5.92. The molecule has 1 aliphatic rings. The van der Waals surface area contributed by atoms with E-state index in [1.807, 2.05) is 0 Å². The molecule has 0 amide bonds. The lowest BCUT2D eigenvalue weighted by atomic mass is 9.83.